The monoisotopic (exact) mass is 282 g/mol. The van der Waals surface area contributed by atoms with Gasteiger partial charge in [0.15, 0.2) is 9.84 Å². The van der Waals surface area contributed by atoms with Gasteiger partial charge in [-0.25, -0.2) is 8.42 Å². The van der Waals surface area contributed by atoms with Crippen LogP contribution in [-0.4, -0.2) is 24.5 Å². The average molecular weight is 282 g/mol. The summed E-state index contributed by atoms with van der Waals surface area (Å²) in [4.78, 5) is 0. The Morgan fingerprint density at radius 1 is 1.16 bits per heavy atom. The van der Waals surface area contributed by atoms with Gasteiger partial charge in [-0.2, -0.15) is 0 Å². The van der Waals surface area contributed by atoms with E-state index < -0.39 is 21.2 Å². The summed E-state index contributed by atoms with van der Waals surface area (Å²) >= 11 is 0. The molecule has 4 heteroatoms. The highest BCUT2D eigenvalue weighted by Crippen LogP contribution is 2.34. The molecule has 1 aliphatic heterocycles. The predicted octanol–water partition coefficient (Wildman–Crippen LogP) is 2.61. The van der Waals surface area contributed by atoms with Crippen molar-refractivity contribution in [3.05, 3.63) is 34.4 Å². The minimum Gasteiger partial charge on any atom is -0.387 e. The van der Waals surface area contributed by atoms with Crippen molar-refractivity contribution in [1.82, 2.24) is 0 Å². The summed E-state index contributed by atoms with van der Waals surface area (Å²) in [5.41, 5.74) is 3.88. The smallest absolute Gasteiger partial charge is 0.156 e. The molecule has 19 heavy (non-hydrogen) atoms. The Kier molecular flexibility index (Phi) is 4.02. The lowest BCUT2D eigenvalue weighted by Gasteiger charge is -2.29. The molecule has 1 saturated heterocycles. The van der Waals surface area contributed by atoms with Crippen LogP contribution in [0.4, 0.5) is 0 Å². The van der Waals surface area contributed by atoms with Crippen molar-refractivity contribution in [2.75, 3.05) is 5.75 Å². The van der Waals surface area contributed by atoms with Gasteiger partial charge < -0.3 is 5.11 Å². The van der Waals surface area contributed by atoms with Crippen LogP contribution in [0.3, 0.4) is 0 Å². The van der Waals surface area contributed by atoms with Gasteiger partial charge in [0.25, 0.3) is 0 Å². The number of benzene rings is 1. The van der Waals surface area contributed by atoms with E-state index in [1.807, 2.05) is 32.9 Å². The molecule has 0 saturated carbocycles. The Labute approximate surface area is 115 Å². The van der Waals surface area contributed by atoms with E-state index in [2.05, 4.69) is 0 Å². The van der Waals surface area contributed by atoms with Crippen molar-refractivity contribution in [2.24, 2.45) is 0 Å². The van der Waals surface area contributed by atoms with Crippen LogP contribution in [0.1, 0.15) is 47.6 Å². The second kappa shape index (κ2) is 5.25. The second-order valence-electron chi connectivity index (χ2n) is 5.66. The molecule has 0 aromatic heterocycles. The van der Waals surface area contributed by atoms with Gasteiger partial charge in [0.05, 0.1) is 17.1 Å². The van der Waals surface area contributed by atoms with E-state index in [0.717, 1.165) is 35.1 Å². The van der Waals surface area contributed by atoms with Crippen molar-refractivity contribution in [1.29, 1.82) is 0 Å². The summed E-state index contributed by atoms with van der Waals surface area (Å²) in [6.07, 6.45) is 1.27. The van der Waals surface area contributed by atoms with Crippen LogP contribution in [0.25, 0.3) is 0 Å². The SMILES string of the molecule is Cc1cc(C)c(C(O)C2CCCCS2(=O)=O)c(C)c1. The molecular formula is C15H22O3S. The van der Waals surface area contributed by atoms with Crippen molar-refractivity contribution in [3.63, 3.8) is 0 Å². The van der Waals surface area contributed by atoms with Gasteiger partial charge in [-0.3, -0.25) is 0 Å². The van der Waals surface area contributed by atoms with E-state index in [1.165, 1.54) is 0 Å². The van der Waals surface area contributed by atoms with Crippen LogP contribution in [-0.2, 0) is 9.84 Å². The number of rotatable bonds is 2. The summed E-state index contributed by atoms with van der Waals surface area (Å²) in [5.74, 6) is 0.207. The maximum atomic E-state index is 12.1. The van der Waals surface area contributed by atoms with Crippen molar-refractivity contribution >= 4 is 9.84 Å². The van der Waals surface area contributed by atoms with Crippen molar-refractivity contribution in [2.45, 2.75) is 51.4 Å². The second-order valence-corrected chi connectivity index (χ2v) is 8.00. The first-order valence-corrected chi connectivity index (χ1v) is 8.52. The first-order valence-electron chi connectivity index (χ1n) is 6.80. The van der Waals surface area contributed by atoms with Gasteiger partial charge in [-0.05, 0) is 50.3 Å². The maximum Gasteiger partial charge on any atom is 0.156 e. The van der Waals surface area contributed by atoms with Crippen LogP contribution in [0.15, 0.2) is 12.1 Å². The summed E-state index contributed by atoms with van der Waals surface area (Å²) in [6, 6.07) is 4.00. The third-order valence-corrected chi connectivity index (χ3v) is 6.29. The van der Waals surface area contributed by atoms with Crippen LogP contribution >= 0.6 is 0 Å². The zero-order valence-electron chi connectivity index (χ0n) is 11.8. The summed E-state index contributed by atoms with van der Waals surface area (Å²) in [7, 11) is -3.16. The van der Waals surface area contributed by atoms with Crippen LogP contribution in [0.2, 0.25) is 0 Å². The van der Waals surface area contributed by atoms with E-state index in [4.69, 9.17) is 0 Å². The van der Waals surface area contributed by atoms with E-state index in [0.29, 0.717) is 6.42 Å². The molecule has 2 unspecified atom stereocenters. The number of sulfone groups is 1. The topological polar surface area (TPSA) is 54.4 Å². The van der Waals surface area contributed by atoms with E-state index in [9.17, 15) is 13.5 Å². The molecule has 0 bridgehead atoms. The molecule has 1 heterocycles. The molecular weight excluding hydrogens is 260 g/mol. The van der Waals surface area contributed by atoms with Crippen LogP contribution in [0.5, 0.6) is 0 Å². The largest absolute Gasteiger partial charge is 0.387 e. The van der Waals surface area contributed by atoms with Crippen molar-refractivity contribution in [3.8, 4) is 0 Å². The van der Waals surface area contributed by atoms with E-state index in [-0.39, 0.29) is 5.75 Å². The quantitative estimate of drug-likeness (QED) is 0.907. The van der Waals surface area contributed by atoms with Crippen LogP contribution < -0.4 is 0 Å². The average Bonchev–Trinajstić information content (AvgIpc) is 2.26. The fourth-order valence-electron chi connectivity index (χ4n) is 3.18. The lowest BCUT2D eigenvalue weighted by Crippen LogP contribution is -2.34. The normalized spacial score (nSPS) is 24.1. The molecule has 1 aromatic rings. The maximum absolute atomic E-state index is 12.1. The highest BCUT2D eigenvalue weighted by molar-refractivity contribution is 7.92. The first kappa shape index (κ1) is 14.5. The van der Waals surface area contributed by atoms with Gasteiger partial charge in [0.2, 0.25) is 0 Å². The molecule has 1 fully saturated rings. The highest BCUT2D eigenvalue weighted by atomic mass is 32.2. The Bertz CT molecular complexity index is 552. The van der Waals surface area contributed by atoms with Crippen LogP contribution in [0, 0.1) is 20.8 Å². The number of aliphatic hydroxyl groups is 1. The molecule has 2 rings (SSSR count). The fourth-order valence-corrected chi connectivity index (χ4v) is 5.14. The minimum absolute atomic E-state index is 0.207. The molecule has 0 amide bonds. The third-order valence-electron chi connectivity index (χ3n) is 4.01. The molecule has 0 radical (unpaired) electrons. The molecule has 0 aliphatic carbocycles. The molecule has 3 nitrogen and oxygen atoms in total. The summed E-state index contributed by atoms with van der Waals surface area (Å²) in [5, 5.41) is 9.92. The summed E-state index contributed by atoms with van der Waals surface area (Å²) in [6.45, 7) is 5.88. The molecule has 106 valence electrons. The zero-order valence-corrected chi connectivity index (χ0v) is 12.6. The first-order chi connectivity index (χ1) is 8.83. The Hall–Kier alpha value is -0.870. The zero-order chi connectivity index (χ0) is 14.2. The Balaban J connectivity index is 2.42. The minimum atomic E-state index is -3.16. The molecule has 0 spiro atoms. The Morgan fingerprint density at radius 2 is 1.74 bits per heavy atom. The van der Waals surface area contributed by atoms with Gasteiger partial charge in [-0.1, -0.05) is 24.1 Å². The van der Waals surface area contributed by atoms with E-state index in [1.54, 1.807) is 0 Å². The number of aliphatic hydroxyl groups excluding tert-OH is 1. The third kappa shape index (κ3) is 2.84. The van der Waals surface area contributed by atoms with Crippen molar-refractivity contribution < 1.29 is 13.5 Å². The fraction of sp³-hybridized carbons (Fsp3) is 0.600. The lowest BCUT2D eigenvalue weighted by atomic mass is 9.92. The van der Waals surface area contributed by atoms with E-state index >= 15 is 0 Å². The standard InChI is InChI=1S/C15H22O3S/c1-10-8-11(2)14(12(3)9-10)15(16)13-6-4-5-7-19(13,17)18/h8-9,13,15-16H,4-7H2,1-3H3. The van der Waals surface area contributed by atoms with Gasteiger partial charge in [-0.15, -0.1) is 0 Å². The molecule has 1 N–H and O–H groups in total. The predicted molar refractivity (Wildman–Crippen MR) is 77.0 cm³/mol. The highest BCUT2D eigenvalue weighted by Gasteiger charge is 2.36. The molecule has 2 atom stereocenters. The Morgan fingerprint density at radius 3 is 2.26 bits per heavy atom. The molecule has 1 aliphatic rings. The number of hydrogen-bond donors (Lipinski definition) is 1. The molecule has 1 aromatic carbocycles. The van der Waals surface area contributed by atoms with Gasteiger partial charge in [0.1, 0.15) is 0 Å². The lowest BCUT2D eigenvalue weighted by molar-refractivity contribution is 0.163. The van der Waals surface area contributed by atoms with Gasteiger partial charge >= 0.3 is 0 Å². The number of hydrogen-bond acceptors (Lipinski definition) is 3. The van der Waals surface area contributed by atoms with Gasteiger partial charge in [0, 0.05) is 0 Å². The number of aryl methyl sites for hydroxylation is 3. The summed E-state index contributed by atoms with van der Waals surface area (Å²) < 4.78 is 24.3.